The van der Waals surface area contributed by atoms with Gasteiger partial charge in [0.2, 0.25) is 5.91 Å². The van der Waals surface area contributed by atoms with Crippen LogP contribution >= 0.6 is 11.6 Å². The highest BCUT2D eigenvalue weighted by molar-refractivity contribution is 6.31. The monoisotopic (exact) mass is 337 g/mol. The minimum absolute atomic E-state index is 0.0256. The molecule has 5 rings (SSSR count). The molecule has 1 aromatic heterocycles. The molecule has 0 spiro atoms. The van der Waals surface area contributed by atoms with E-state index >= 15 is 0 Å². The van der Waals surface area contributed by atoms with Crippen LogP contribution < -0.4 is 5.32 Å². The Morgan fingerprint density at radius 2 is 1.96 bits per heavy atom. The summed E-state index contributed by atoms with van der Waals surface area (Å²) >= 11 is 6.18. The fourth-order valence-corrected chi connectivity index (χ4v) is 3.75. The van der Waals surface area contributed by atoms with Crippen molar-refractivity contribution in [3.63, 3.8) is 0 Å². The summed E-state index contributed by atoms with van der Waals surface area (Å²) in [5.41, 5.74) is 2.84. The van der Waals surface area contributed by atoms with E-state index < -0.39 is 0 Å². The van der Waals surface area contributed by atoms with Crippen molar-refractivity contribution < 1.29 is 9.21 Å². The second-order valence-electron chi connectivity index (χ2n) is 6.85. The molecule has 0 unspecified atom stereocenters. The molecule has 24 heavy (non-hydrogen) atoms. The predicted molar refractivity (Wildman–Crippen MR) is 93.7 cm³/mol. The number of carbonyl (C=O) groups is 1. The highest BCUT2D eigenvalue weighted by atomic mass is 35.5. The molecule has 4 heteroatoms. The Bertz CT molecular complexity index is 954. The van der Waals surface area contributed by atoms with Crippen LogP contribution in [0.15, 0.2) is 52.9 Å². The first-order valence-electron chi connectivity index (χ1n) is 8.22. The van der Waals surface area contributed by atoms with Crippen LogP contribution in [-0.2, 0) is 11.3 Å². The Hall–Kier alpha value is -2.26. The number of rotatable bonds is 4. The van der Waals surface area contributed by atoms with Crippen LogP contribution in [0.25, 0.3) is 22.1 Å². The summed E-state index contributed by atoms with van der Waals surface area (Å²) in [6, 6.07) is 15.7. The van der Waals surface area contributed by atoms with Crippen LogP contribution in [-0.4, -0.2) is 5.91 Å². The number of halogens is 1. The Morgan fingerprint density at radius 1 is 1.21 bits per heavy atom. The lowest BCUT2D eigenvalue weighted by Gasteiger charge is -2.07. The van der Waals surface area contributed by atoms with Crippen LogP contribution in [0, 0.1) is 11.3 Å². The number of furan rings is 1. The van der Waals surface area contributed by atoms with Gasteiger partial charge in [0, 0.05) is 16.0 Å². The molecule has 0 saturated heterocycles. The zero-order chi connectivity index (χ0) is 16.3. The van der Waals surface area contributed by atoms with E-state index in [9.17, 15) is 4.79 Å². The van der Waals surface area contributed by atoms with Crippen molar-refractivity contribution in [2.45, 2.75) is 19.4 Å². The molecule has 2 aromatic carbocycles. The topological polar surface area (TPSA) is 42.2 Å². The number of nitrogens with one attached hydrogen (secondary N) is 1. The Labute approximate surface area is 144 Å². The molecule has 2 aliphatic carbocycles. The SMILES string of the molecule is O=C(NCc1oc2ccc(Cl)cc2c1-c1ccccc1)C12CC1C2. The van der Waals surface area contributed by atoms with Gasteiger partial charge in [-0.25, -0.2) is 0 Å². The van der Waals surface area contributed by atoms with E-state index in [1.54, 1.807) is 0 Å². The minimum atomic E-state index is -0.0256. The van der Waals surface area contributed by atoms with Crippen molar-refractivity contribution in [3.8, 4) is 11.1 Å². The molecule has 3 nitrogen and oxygen atoms in total. The Balaban J connectivity index is 1.55. The third-order valence-corrected chi connectivity index (χ3v) is 5.56. The van der Waals surface area contributed by atoms with Gasteiger partial charge in [0.25, 0.3) is 0 Å². The van der Waals surface area contributed by atoms with E-state index in [4.69, 9.17) is 16.0 Å². The number of amides is 1. The van der Waals surface area contributed by atoms with Gasteiger partial charge < -0.3 is 9.73 Å². The summed E-state index contributed by atoms with van der Waals surface area (Å²) in [4.78, 5) is 12.3. The number of benzene rings is 2. The molecule has 2 fully saturated rings. The van der Waals surface area contributed by atoms with Gasteiger partial charge in [-0.15, -0.1) is 0 Å². The number of hydrogen-bond acceptors (Lipinski definition) is 2. The van der Waals surface area contributed by atoms with E-state index in [-0.39, 0.29) is 11.3 Å². The van der Waals surface area contributed by atoms with E-state index in [0.717, 1.165) is 40.7 Å². The predicted octanol–water partition coefficient (Wildman–Crippen LogP) is 4.78. The number of hydrogen-bond donors (Lipinski definition) is 1. The van der Waals surface area contributed by atoms with E-state index in [1.807, 2.05) is 48.5 Å². The first-order valence-corrected chi connectivity index (χ1v) is 8.60. The van der Waals surface area contributed by atoms with Crippen molar-refractivity contribution >= 4 is 28.5 Å². The lowest BCUT2D eigenvalue weighted by Crippen LogP contribution is -2.27. The molecule has 120 valence electrons. The third kappa shape index (κ3) is 2.08. The average Bonchev–Trinajstić information content (AvgIpc) is 3.43. The molecule has 1 heterocycles. The van der Waals surface area contributed by atoms with Gasteiger partial charge in [-0.2, -0.15) is 0 Å². The molecule has 0 bridgehead atoms. The highest BCUT2D eigenvalue weighted by Gasteiger charge is 2.74. The van der Waals surface area contributed by atoms with E-state index in [2.05, 4.69) is 5.32 Å². The van der Waals surface area contributed by atoms with Crippen LogP contribution in [0.4, 0.5) is 0 Å². The van der Waals surface area contributed by atoms with Crippen molar-refractivity contribution in [3.05, 3.63) is 59.3 Å². The second kappa shape index (κ2) is 4.87. The van der Waals surface area contributed by atoms with Gasteiger partial charge in [-0.3, -0.25) is 4.79 Å². The summed E-state index contributed by atoms with van der Waals surface area (Å²) in [6.07, 6.45) is 2.11. The van der Waals surface area contributed by atoms with Crippen LogP contribution in [0.1, 0.15) is 18.6 Å². The molecule has 2 aliphatic rings. The van der Waals surface area contributed by atoms with Crippen molar-refractivity contribution in [1.82, 2.24) is 5.32 Å². The zero-order valence-corrected chi connectivity index (χ0v) is 13.8. The second-order valence-corrected chi connectivity index (χ2v) is 7.29. The first kappa shape index (κ1) is 14.1. The number of carbonyl (C=O) groups excluding carboxylic acids is 1. The third-order valence-electron chi connectivity index (χ3n) is 5.33. The summed E-state index contributed by atoms with van der Waals surface area (Å²) in [7, 11) is 0. The summed E-state index contributed by atoms with van der Waals surface area (Å²) in [6.45, 7) is 0.407. The standard InChI is InChI=1S/C20H16ClNO2/c21-14-6-7-16-15(8-14)18(12-4-2-1-3-5-12)17(24-16)11-22-19(23)20-9-13(20)10-20/h1-8,13H,9-11H2,(H,22,23). The molecular formula is C20H16ClNO2. The zero-order valence-electron chi connectivity index (χ0n) is 13.0. The maximum Gasteiger partial charge on any atom is 0.226 e. The normalized spacial score (nSPS) is 23.8. The van der Waals surface area contributed by atoms with Gasteiger partial charge in [-0.1, -0.05) is 41.9 Å². The van der Waals surface area contributed by atoms with Crippen LogP contribution in [0.5, 0.6) is 0 Å². The lowest BCUT2D eigenvalue weighted by molar-refractivity contribution is -0.124. The van der Waals surface area contributed by atoms with Gasteiger partial charge in [-0.05, 0) is 42.5 Å². The summed E-state index contributed by atoms with van der Waals surface area (Å²) in [5, 5.41) is 4.72. The molecule has 0 radical (unpaired) electrons. The highest BCUT2D eigenvalue weighted by Crippen LogP contribution is 2.75. The van der Waals surface area contributed by atoms with Gasteiger partial charge in [0.15, 0.2) is 0 Å². The van der Waals surface area contributed by atoms with Crippen LogP contribution in [0.2, 0.25) is 5.02 Å². The smallest absolute Gasteiger partial charge is 0.226 e. The molecule has 0 atom stereocenters. The molecule has 0 aliphatic heterocycles. The molecular weight excluding hydrogens is 322 g/mol. The van der Waals surface area contributed by atoms with E-state index in [1.165, 1.54) is 0 Å². The Morgan fingerprint density at radius 3 is 2.67 bits per heavy atom. The van der Waals surface area contributed by atoms with Gasteiger partial charge >= 0.3 is 0 Å². The Kier molecular flexibility index (Phi) is 2.86. The molecule has 3 aromatic rings. The summed E-state index contributed by atoms with van der Waals surface area (Å²) < 4.78 is 6.03. The van der Waals surface area contributed by atoms with E-state index in [0.29, 0.717) is 17.5 Å². The molecule has 2 saturated carbocycles. The average molecular weight is 338 g/mol. The minimum Gasteiger partial charge on any atom is -0.459 e. The summed E-state index contributed by atoms with van der Waals surface area (Å²) in [5.74, 6) is 1.59. The van der Waals surface area contributed by atoms with Crippen molar-refractivity contribution in [2.75, 3.05) is 0 Å². The molecule has 1 N–H and O–H groups in total. The van der Waals surface area contributed by atoms with Crippen molar-refractivity contribution in [2.24, 2.45) is 11.3 Å². The van der Waals surface area contributed by atoms with Gasteiger partial charge in [0.1, 0.15) is 11.3 Å². The molecule has 1 amide bonds. The fourth-order valence-electron chi connectivity index (χ4n) is 3.58. The lowest BCUT2D eigenvalue weighted by atomic mass is 10.0. The largest absolute Gasteiger partial charge is 0.459 e. The number of fused-ring (bicyclic) bond motifs is 2. The van der Waals surface area contributed by atoms with Crippen LogP contribution in [0.3, 0.4) is 0 Å². The fraction of sp³-hybridized carbons (Fsp3) is 0.250. The van der Waals surface area contributed by atoms with Gasteiger partial charge in [0.05, 0.1) is 12.0 Å². The maximum atomic E-state index is 12.3. The maximum absolute atomic E-state index is 12.3. The van der Waals surface area contributed by atoms with Crippen molar-refractivity contribution in [1.29, 1.82) is 0 Å². The quantitative estimate of drug-likeness (QED) is 0.744. The first-order chi connectivity index (χ1) is 11.7.